The smallest absolute Gasteiger partial charge is 0.335 e. The summed E-state index contributed by atoms with van der Waals surface area (Å²) in [5.74, 6) is -0.602. The Labute approximate surface area is 237 Å². The summed E-state index contributed by atoms with van der Waals surface area (Å²) in [6.07, 6.45) is 2.40. The zero-order valence-electron chi connectivity index (χ0n) is 20.7. The standard InChI is InChI=1S/C30H20ClN3O5S/c31-20-11-9-17(10-12-20)23-16-24-22-3-1-2-4-26(22)39-30(34(24)33-23)27(40-29(37)32-30)15-21-13-14-25(38-21)18-5-7-19(8-6-18)28(35)36/h1-15,24H,16H2,(H,32,37)(H,35,36)/b27-15-. The van der Waals surface area contributed by atoms with Crippen molar-refractivity contribution in [2.24, 2.45) is 5.10 Å². The van der Waals surface area contributed by atoms with Crippen molar-refractivity contribution in [3.05, 3.63) is 117 Å². The summed E-state index contributed by atoms with van der Waals surface area (Å²) in [6, 6.07) is 25.2. The van der Waals surface area contributed by atoms with E-state index in [1.54, 1.807) is 30.3 Å². The van der Waals surface area contributed by atoms with Gasteiger partial charge in [-0.2, -0.15) is 5.10 Å². The Bertz CT molecular complexity index is 1730. The number of hydrazone groups is 1. The fourth-order valence-corrected chi connectivity index (χ4v) is 6.19. The predicted molar refractivity (Wildman–Crippen MR) is 152 cm³/mol. The van der Waals surface area contributed by atoms with Crippen LogP contribution >= 0.6 is 23.4 Å². The second-order valence-electron chi connectivity index (χ2n) is 9.51. The lowest BCUT2D eigenvalue weighted by Crippen LogP contribution is -2.61. The van der Waals surface area contributed by atoms with Crippen molar-refractivity contribution < 1.29 is 23.8 Å². The number of rotatable bonds is 4. The second kappa shape index (κ2) is 9.32. The van der Waals surface area contributed by atoms with E-state index < -0.39 is 11.8 Å². The van der Waals surface area contributed by atoms with Crippen LogP contribution in [0.2, 0.25) is 5.02 Å². The van der Waals surface area contributed by atoms with Crippen LogP contribution in [0, 0.1) is 0 Å². The Kier molecular flexibility index (Phi) is 5.72. The van der Waals surface area contributed by atoms with Crippen LogP contribution in [0.15, 0.2) is 99.4 Å². The third-order valence-corrected chi connectivity index (χ3v) is 8.22. The van der Waals surface area contributed by atoms with Crippen LogP contribution in [0.1, 0.15) is 39.7 Å². The Morgan fingerprint density at radius 3 is 2.58 bits per heavy atom. The Hall–Kier alpha value is -4.47. The van der Waals surface area contributed by atoms with Gasteiger partial charge in [-0.1, -0.05) is 54.1 Å². The molecule has 3 aliphatic heterocycles. The zero-order valence-corrected chi connectivity index (χ0v) is 22.3. The highest BCUT2D eigenvalue weighted by atomic mass is 35.5. The number of thioether (sulfide) groups is 1. The number of amides is 1. The molecule has 7 rings (SSSR count). The van der Waals surface area contributed by atoms with E-state index in [0.29, 0.717) is 33.6 Å². The maximum Gasteiger partial charge on any atom is 0.335 e. The van der Waals surface area contributed by atoms with Crippen molar-refractivity contribution >= 4 is 46.4 Å². The monoisotopic (exact) mass is 569 g/mol. The highest BCUT2D eigenvalue weighted by Crippen LogP contribution is 2.52. The van der Waals surface area contributed by atoms with Gasteiger partial charge in [0.1, 0.15) is 17.3 Å². The number of carbonyl (C=O) groups excluding carboxylic acids is 1. The van der Waals surface area contributed by atoms with Crippen molar-refractivity contribution in [2.45, 2.75) is 18.3 Å². The first kappa shape index (κ1) is 24.6. The van der Waals surface area contributed by atoms with E-state index in [1.165, 1.54) is 12.1 Å². The van der Waals surface area contributed by atoms with Gasteiger partial charge >= 0.3 is 11.8 Å². The molecule has 0 aliphatic carbocycles. The molecule has 2 unspecified atom stereocenters. The summed E-state index contributed by atoms with van der Waals surface area (Å²) in [5, 5.41) is 19.4. The molecule has 4 heterocycles. The third-order valence-electron chi connectivity index (χ3n) is 7.07. The van der Waals surface area contributed by atoms with Crippen molar-refractivity contribution in [3.63, 3.8) is 0 Å². The number of nitrogens with one attached hydrogen (secondary N) is 1. The molecule has 1 saturated heterocycles. The molecule has 4 aromatic rings. The van der Waals surface area contributed by atoms with E-state index in [2.05, 4.69) is 5.32 Å². The summed E-state index contributed by atoms with van der Waals surface area (Å²) >= 11 is 7.15. The number of halogens is 1. The maximum absolute atomic E-state index is 12.9. The van der Waals surface area contributed by atoms with Gasteiger partial charge in [0.25, 0.3) is 5.24 Å². The molecule has 3 aliphatic rings. The van der Waals surface area contributed by atoms with Crippen LogP contribution in [-0.4, -0.2) is 32.9 Å². The van der Waals surface area contributed by atoms with E-state index in [-0.39, 0.29) is 16.8 Å². The fraction of sp³-hybridized carbons (Fsp3) is 0.100. The molecular weight excluding hydrogens is 550 g/mol. The minimum atomic E-state index is -1.36. The number of carboxylic acid groups (broad SMARTS) is 1. The van der Waals surface area contributed by atoms with Crippen molar-refractivity contribution in [3.8, 4) is 17.1 Å². The molecule has 1 spiro atoms. The normalized spacial score (nSPS) is 22.1. The first-order chi connectivity index (χ1) is 19.4. The average Bonchev–Trinajstić information content (AvgIpc) is 3.68. The Balaban J connectivity index is 1.29. The van der Waals surface area contributed by atoms with Crippen LogP contribution in [0.3, 0.4) is 0 Å². The van der Waals surface area contributed by atoms with Gasteiger partial charge in [0.2, 0.25) is 0 Å². The second-order valence-corrected chi connectivity index (χ2v) is 11.0. The molecule has 0 radical (unpaired) electrons. The minimum Gasteiger partial charge on any atom is -0.478 e. The molecule has 1 amide bonds. The molecule has 2 atom stereocenters. The summed E-state index contributed by atoms with van der Waals surface area (Å²) in [7, 11) is 0. The lowest BCUT2D eigenvalue weighted by atomic mass is 9.96. The van der Waals surface area contributed by atoms with Gasteiger partial charge < -0.3 is 14.3 Å². The largest absolute Gasteiger partial charge is 0.478 e. The summed E-state index contributed by atoms with van der Waals surface area (Å²) in [6.45, 7) is 0. The van der Waals surface area contributed by atoms with Crippen LogP contribution in [-0.2, 0) is 0 Å². The zero-order chi connectivity index (χ0) is 27.4. The molecule has 0 bridgehead atoms. The lowest BCUT2D eigenvalue weighted by molar-refractivity contribution is -0.0949. The molecule has 2 N–H and O–H groups in total. The van der Waals surface area contributed by atoms with Crippen molar-refractivity contribution in [1.29, 1.82) is 0 Å². The summed E-state index contributed by atoms with van der Waals surface area (Å²) in [4.78, 5) is 24.7. The number of hydrogen-bond donors (Lipinski definition) is 2. The van der Waals surface area contributed by atoms with Crippen LogP contribution in [0.5, 0.6) is 5.75 Å². The average molecular weight is 570 g/mol. The van der Waals surface area contributed by atoms with E-state index in [0.717, 1.165) is 34.2 Å². The Morgan fingerprint density at radius 2 is 1.80 bits per heavy atom. The van der Waals surface area contributed by atoms with Gasteiger partial charge in [0, 0.05) is 22.6 Å². The van der Waals surface area contributed by atoms with E-state index >= 15 is 0 Å². The van der Waals surface area contributed by atoms with E-state index in [4.69, 9.17) is 25.9 Å². The molecule has 8 nitrogen and oxygen atoms in total. The molecule has 10 heteroatoms. The number of fused-ring (bicyclic) bond motifs is 4. The molecule has 3 aromatic carbocycles. The van der Waals surface area contributed by atoms with Crippen LogP contribution in [0.25, 0.3) is 17.4 Å². The summed E-state index contributed by atoms with van der Waals surface area (Å²) in [5.41, 5.74) is 3.71. The fourth-order valence-electron chi connectivity index (χ4n) is 5.17. The van der Waals surface area contributed by atoms with Crippen LogP contribution < -0.4 is 10.1 Å². The molecule has 0 saturated carbocycles. The van der Waals surface area contributed by atoms with E-state index in [1.807, 2.05) is 53.5 Å². The number of furan rings is 1. The maximum atomic E-state index is 12.9. The van der Waals surface area contributed by atoms with E-state index in [9.17, 15) is 14.7 Å². The molecule has 198 valence electrons. The number of benzene rings is 3. The topological polar surface area (TPSA) is 104 Å². The molecular formula is C30H20ClN3O5S. The number of nitrogens with zero attached hydrogens (tertiary/aromatic N) is 2. The first-order valence-electron chi connectivity index (χ1n) is 12.5. The highest BCUT2D eigenvalue weighted by Gasteiger charge is 2.58. The molecule has 1 fully saturated rings. The minimum absolute atomic E-state index is 0.169. The number of carbonyl (C=O) groups is 2. The van der Waals surface area contributed by atoms with Gasteiger partial charge in [0.05, 0.1) is 22.2 Å². The van der Waals surface area contributed by atoms with Crippen molar-refractivity contribution in [1.82, 2.24) is 10.3 Å². The molecule has 40 heavy (non-hydrogen) atoms. The Morgan fingerprint density at radius 1 is 1.05 bits per heavy atom. The SMILES string of the molecule is O=C1NC2(Oc3ccccc3C3CC(c4ccc(Cl)cc4)=NN32)/C(=C/c2ccc(-c3ccc(C(=O)O)cc3)o2)S1. The number of aromatic carboxylic acids is 1. The summed E-state index contributed by atoms with van der Waals surface area (Å²) < 4.78 is 12.6. The van der Waals surface area contributed by atoms with Gasteiger partial charge in [0.15, 0.2) is 0 Å². The number of hydrogen-bond acceptors (Lipinski definition) is 7. The van der Waals surface area contributed by atoms with Gasteiger partial charge in [-0.25, -0.2) is 9.80 Å². The van der Waals surface area contributed by atoms with Crippen LogP contribution in [0.4, 0.5) is 4.79 Å². The number of para-hydroxylation sites is 1. The van der Waals surface area contributed by atoms with Gasteiger partial charge in [-0.05, 0) is 65.9 Å². The highest BCUT2D eigenvalue weighted by molar-refractivity contribution is 8.17. The lowest BCUT2D eigenvalue weighted by Gasteiger charge is -2.44. The number of carboxylic acids is 1. The van der Waals surface area contributed by atoms with Crippen molar-refractivity contribution in [2.75, 3.05) is 0 Å². The third kappa shape index (κ3) is 4.06. The van der Waals surface area contributed by atoms with Gasteiger partial charge in [-0.3, -0.25) is 10.1 Å². The van der Waals surface area contributed by atoms with Gasteiger partial charge in [-0.15, -0.1) is 0 Å². The predicted octanol–water partition coefficient (Wildman–Crippen LogP) is 6.99. The quantitative estimate of drug-likeness (QED) is 0.273. The number of ether oxygens (including phenoxy) is 1. The molecule has 1 aromatic heterocycles. The first-order valence-corrected chi connectivity index (χ1v) is 13.7.